The minimum absolute atomic E-state index is 0.141. The average Bonchev–Trinajstić information content (AvgIpc) is 3.34. The molecule has 3 aromatic heterocycles. The van der Waals surface area contributed by atoms with E-state index in [1.54, 1.807) is 0 Å². The van der Waals surface area contributed by atoms with Gasteiger partial charge in [0.25, 0.3) is 0 Å². The average molecular weight is 388 g/mol. The standard InChI is InChI=1S/C22H24N6O/c1-14-6-8-27(20(29)10-15-3-2-4-16(23)9-15)13-18(14)22-26-12-17-11-25-21-19(28(17)22)5-7-24-21/h2-5,7,9,11-12,14,18,24H,6,8,10,13,23H2,1H3/t14-,18+/m1/s1. The minimum Gasteiger partial charge on any atom is -0.399 e. The van der Waals surface area contributed by atoms with E-state index in [-0.39, 0.29) is 11.8 Å². The van der Waals surface area contributed by atoms with E-state index in [2.05, 4.69) is 21.3 Å². The number of rotatable bonds is 3. The van der Waals surface area contributed by atoms with E-state index in [0.29, 0.717) is 24.6 Å². The third kappa shape index (κ3) is 3.12. The van der Waals surface area contributed by atoms with Gasteiger partial charge < -0.3 is 15.6 Å². The van der Waals surface area contributed by atoms with Crippen LogP contribution >= 0.6 is 0 Å². The Morgan fingerprint density at radius 2 is 2.14 bits per heavy atom. The van der Waals surface area contributed by atoms with Gasteiger partial charge >= 0.3 is 0 Å². The molecule has 0 radical (unpaired) electrons. The smallest absolute Gasteiger partial charge is 0.227 e. The van der Waals surface area contributed by atoms with Crippen LogP contribution in [-0.4, -0.2) is 43.2 Å². The largest absolute Gasteiger partial charge is 0.399 e. The summed E-state index contributed by atoms with van der Waals surface area (Å²) in [6.07, 6.45) is 6.94. The van der Waals surface area contributed by atoms with Gasteiger partial charge in [-0.25, -0.2) is 9.97 Å². The molecule has 1 amide bonds. The normalized spacial score (nSPS) is 19.8. The lowest BCUT2D eigenvalue weighted by Crippen LogP contribution is -2.43. The molecule has 0 bridgehead atoms. The quantitative estimate of drug-likeness (QED) is 0.528. The van der Waals surface area contributed by atoms with Crippen LogP contribution in [0.5, 0.6) is 0 Å². The zero-order valence-electron chi connectivity index (χ0n) is 16.4. The van der Waals surface area contributed by atoms with E-state index in [0.717, 1.165) is 41.0 Å². The van der Waals surface area contributed by atoms with Crippen molar-refractivity contribution in [3.05, 3.63) is 60.3 Å². The summed E-state index contributed by atoms with van der Waals surface area (Å²) in [5.41, 5.74) is 10.3. The number of likely N-dealkylation sites (tertiary alicyclic amines) is 1. The van der Waals surface area contributed by atoms with Crippen molar-refractivity contribution in [3.63, 3.8) is 0 Å². The van der Waals surface area contributed by atoms with Gasteiger partial charge in [-0.2, -0.15) is 0 Å². The molecule has 29 heavy (non-hydrogen) atoms. The molecular formula is C22H24N6O. The number of carbonyl (C=O) groups excluding carboxylic acids is 1. The number of aromatic amines is 1. The van der Waals surface area contributed by atoms with E-state index in [1.807, 2.05) is 53.8 Å². The molecule has 1 aromatic carbocycles. The van der Waals surface area contributed by atoms with Crippen LogP contribution in [0.1, 0.15) is 30.7 Å². The summed E-state index contributed by atoms with van der Waals surface area (Å²) in [6, 6.07) is 9.59. The van der Waals surface area contributed by atoms with Gasteiger partial charge in [0, 0.05) is 30.9 Å². The Labute approximate surface area is 168 Å². The van der Waals surface area contributed by atoms with E-state index in [4.69, 9.17) is 10.7 Å². The molecule has 7 nitrogen and oxygen atoms in total. The number of H-pyrrole nitrogens is 1. The number of aromatic nitrogens is 4. The molecule has 0 unspecified atom stereocenters. The Balaban J connectivity index is 1.44. The number of nitrogens with zero attached hydrogens (tertiary/aromatic N) is 4. The van der Waals surface area contributed by atoms with E-state index in [1.165, 1.54) is 0 Å². The molecule has 7 heteroatoms. The molecule has 1 fully saturated rings. The van der Waals surface area contributed by atoms with Crippen molar-refractivity contribution in [2.75, 3.05) is 18.8 Å². The first kappa shape index (κ1) is 17.7. The number of imidazole rings is 1. The first-order chi connectivity index (χ1) is 14.1. The fraction of sp³-hybridized carbons (Fsp3) is 0.318. The van der Waals surface area contributed by atoms with Crippen molar-refractivity contribution < 1.29 is 4.79 Å². The van der Waals surface area contributed by atoms with Gasteiger partial charge in [0.2, 0.25) is 5.91 Å². The van der Waals surface area contributed by atoms with Crippen molar-refractivity contribution >= 4 is 28.3 Å². The molecule has 1 aliphatic heterocycles. The third-order valence-corrected chi connectivity index (χ3v) is 6.04. The summed E-state index contributed by atoms with van der Waals surface area (Å²) < 4.78 is 2.17. The molecule has 148 valence electrons. The number of carbonyl (C=O) groups is 1. The summed E-state index contributed by atoms with van der Waals surface area (Å²) in [5, 5.41) is 0. The third-order valence-electron chi connectivity index (χ3n) is 6.04. The van der Waals surface area contributed by atoms with Gasteiger partial charge in [-0.1, -0.05) is 19.1 Å². The second kappa shape index (κ2) is 6.92. The molecular weight excluding hydrogens is 364 g/mol. The number of nitrogen functional groups attached to an aromatic ring is 1. The van der Waals surface area contributed by atoms with Crippen LogP contribution in [0, 0.1) is 5.92 Å². The zero-order valence-corrected chi connectivity index (χ0v) is 16.4. The molecule has 1 saturated heterocycles. The summed E-state index contributed by atoms with van der Waals surface area (Å²) in [5.74, 6) is 1.76. The topological polar surface area (TPSA) is 92.3 Å². The van der Waals surface area contributed by atoms with Crippen LogP contribution in [0.4, 0.5) is 5.69 Å². The maximum absolute atomic E-state index is 13.0. The highest BCUT2D eigenvalue weighted by Crippen LogP contribution is 2.33. The monoisotopic (exact) mass is 388 g/mol. The lowest BCUT2D eigenvalue weighted by Gasteiger charge is -2.36. The number of amides is 1. The molecule has 0 aliphatic carbocycles. The molecule has 2 atom stereocenters. The predicted molar refractivity (Wildman–Crippen MR) is 113 cm³/mol. The summed E-state index contributed by atoms with van der Waals surface area (Å²) in [6.45, 7) is 3.71. The van der Waals surface area contributed by atoms with Crippen molar-refractivity contribution in [2.45, 2.75) is 25.7 Å². The minimum atomic E-state index is 0.141. The van der Waals surface area contributed by atoms with Crippen LogP contribution in [0.15, 0.2) is 48.9 Å². The molecule has 1 aliphatic rings. The SMILES string of the molecule is C[C@@H]1CCN(C(=O)Cc2cccc(N)c2)C[C@@H]1c1ncc2cnc3[nH]ccc3n12. The first-order valence-corrected chi connectivity index (χ1v) is 10.0. The van der Waals surface area contributed by atoms with Gasteiger partial charge in [-0.3, -0.25) is 9.20 Å². The zero-order chi connectivity index (χ0) is 20.0. The Hall–Kier alpha value is -3.35. The highest BCUT2D eigenvalue weighted by Gasteiger charge is 2.32. The molecule has 4 aromatic rings. The highest BCUT2D eigenvalue weighted by molar-refractivity contribution is 5.79. The number of benzene rings is 1. The van der Waals surface area contributed by atoms with Crippen molar-refractivity contribution in [1.29, 1.82) is 0 Å². The second-order valence-corrected chi connectivity index (χ2v) is 7.98. The van der Waals surface area contributed by atoms with Crippen LogP contribution in [0.2, 0.25) is 0 Å². The van der Waals surface area contributed by atoms with Gasteiger partial charge in [-0.15, -0.1) is 0 Å². The molecule has 0 spiro atoms. The number of fused-ring (bicyclic) bond motifs is 3. The highest BCUT2D eigenvalue weighted by atomic mass is 16.2. The van der Waals surface area contributed by atoms with Crippen molar-refractivity contribution in [1.82, 2.24) is 24.3 Å². The van der Waals surface area contributed by atoms with Crippen LogP contribution in [0.3, 0.4) is 0 Å². The fourth-order valence-corrected chi connectivity index (χ4v) is 4.38. The van der Waals surface area contributed by atoms with E-state index < -0.39 is 0 Å². The van der Waals surface area contributed by atoms with Crippen molar-refractivity contribution in [3.8, 4) is 0 Å². The number of nitrogens with one attached hydrogen (secondary N) is 1. The van der Waals surface area contributed by atoms with Crippen LogP contribution < -0.4 is 5.73 Å². The lowest BCUT2D eigenvalue weighted by molar-refractivity contribution is -0.132. The van der Waals surface area contributed by atoms with Gasteiger partial charge in [0.15, 0.2) is 5.65 Å². The molecule has 4 heterocycles. The predicted octanol–water partition coefficient (Wildman–Crippen LogP) is 2.99. The number of piperidine rings is 1. The number of hydrogen-bond donors (Lipinski definition) is 2. The van der Waals surface area contributed by atoms with Gasteiger partial charge in [-0.05, 0) is 36.1 Å². The fourth-order valence-electron chi connectivity index (χ4n) is 4.38. The van der Waals surface area contributed by atoms with Gasteiger partial charge in [0.1, 0.15) is 5.82 Å². The number of nitrogens with two attached hydrogens (primary N) is 1. The molecule has 5 rings (SSSR count). The Morgan fingerprint density at radius 3 is 3.00 bits per heavy atom. The van der Waals surface area contributed by atoms with Crippen LogP contribution in [0.25, 0.3) is 16.7 Å². The summed E-state index contributed by atoms with van der Waals surface area (Å²) in [4.78, 5) is 27.3. The van der Waals surface area contributed by atoms with Crippen molar-refractivity contribution in [2.24, 2.45) is 5.92 Å². The Kier molecular flexibility index (Phi) is 4.23. The molecule has 0 saturated carbocycles. The number of hydrogen-bond acceptors (Lipinski definition) is 4. The second-order valence-electron chi connectivity index (χ2n) is 7.98. The lowest BCUT2D eigenvalue weighted by atomic mass is 9.86. The Bertz CT molecular complexity index is 1190. The van der Waals surface area contributed by atoms with Gasteiger partial charge in [0.05, 0.1) is 29.8 Å². The van der Waals surface area contributed by atoms with Crippen LogP contribution in [-0.2, 0) is 11.2 Å². The maximum atomic E-state index is 13.0. The molecule has 3 N–H and O–H groups in total. The first-order valence-electron chi connectivity index (χ1n) is 10.0. The summed E-state index contributed by atoms with van der Waals surface area (Å²) in [7, 11) is 0. The maximum Gasteiger partial charge on any atom is 0.227 e. The Morgan fingerprint density at radius 1 is 1.28 bits per heavy atom. The number of anilines is 1. The van der Waals surface area contributed by atoms with E-state index >= 15 is 0 Å². The summed E-state index contributed by atoms with van der Waals surface area (Å²) >= 11 is 0. The van der Waals surface area contributed by atoms with E-state index in [9.17, 15) is 4.79 Å².